The summed E-state index contributed by atoms with van der Waals surface area (Å²) in [6, 6.07) is 16.7. The highest BCUT2D eigenvalue weighted by Crippen LogP contribution is 2.38. The van der Waals surface area contributed by atoms with Crippen molar-refractivity contribution in [2.45, 2.75) is 27.0 Å². The molecule has 0 atom stereocenters. The zero-order valence-corrected chi connectivity index (χ0v) is 19.4. The molecule has 0 heterocycles. The molecule has 6 heteroatoms. The lowest BCUT2D eigenvalue weighted by molar-refractivity contribution is 0.264. The van der Waals surface area contributed by atoms with Crippen LogP contribution >= 0.6 is 31.9 Å². The fourth-order valence-corrected chi connectivity index (χ4v) is 3.99. The van der Waals surface area contributed by atoms with Crippen molar-refractivity contribution >= 4 is 37.5 Å². The Morgan fingerprint density at radius 2 is 1.79 bits per heavy atom. The van der Waals surface area contributed by atoms with Crippen molar-refractivity contribution < 1.29 is 13.9 Å². The number of hydrogen-bond donors (Lipinski definition) is 1. The van der Waals surface area contributed by atoms with Gasteiger partial charge in [0.05, 0.1) is 11.1 Å². The zero-order chi connectivity index (χ0) is 20.8. The SMILES string of the molecule is CCOc1cc(CNc2ccc(Br)cc2C)cc(Br)c1OCc1ccccc1F. The minimum absolute atomic E-state index is 0.126. The number of rotatable bonds is 8. The molecule has 0 fully saturated rings. The minimum Gasteiger partial charge on any atom is -0.490 e. The molecular formula is C23H22Br2FNO2. The first-order valence-electron chi connectivity index (χ1n) is 9.29. The van der Waals surface area contributed by atoms with Crippen LogP contribution in [-0.4, -0.2) is 6.61 Å². The maximum atomic E-state index is 13.9. The van der Waals surface area contributed by atoms with E-state index in [1.54, 1.807) is 18.2 Å². The number of halogens is 3. The van der Waals surface area contributed by atoms with E-state index in [1.807, 2.05) is 31.2 Å². The Bertz CT molecular complexity index is 995. The summed E-state index contributed by atoms with van der Waals surface area (Å²) >= 11 is 7.06. The van der Waals surface area contributed by atoms with Gasteiger partial charge in [0.2, 0.25) is 0 Å². The molecule has 0 saturated carbocycles. The van der Waals surface area contributed by atoms with Crippen LogP contribution in [0, 0.1) is 12.7 Å². The van der Waals surface area contributed by atoms with E-state index in [0.29, 0.717) is 30.2 Å². The summed E-state index contributed by atoms with van der Waals surface area (Å²) in [6.07, 6.45) is 0. The van der Waals surface area contributed by atoms with Gasteiger partial charge >= 0.3 is 0 Å². The summed E-state index contributed by atoms with van der Waals surface area (Å²) in [5.74, 6) is 0.911. The lowest BCUT2D eigenvalue weighted by atomic mass is 10.1. The molecule has 0 unspecified atom stereocenters. The van der Waals surface area contributed by atoms with Gasteiger partial charge in [-0.15, -0.1) is 0 Å². The second-order valence-electron chi connectivity index (χ2n) is 6.53. The van der Waals surface area contributed by atoms with Crippen LogP contribution in [0.2, 0.25) is 0 Å². The quantitative estimate of drug-likeness (QED) is 0.338. The molecule has 0 saturated heterocycles. The Morgan fingerprint density at radius 3 is 2.52 bits per heavy atom. The highest BCUT2D eigenvalue weighted by Gasteiger charge is 2.14. The van der Waals surface area contributed by atoms with E-state index < -0.39 is 0 Å². The third-order valence-electron chi connectivity index (χ3n) is 4.37. The van der Waals surface area contributed by atoms with E-state index >= 15 is 0 Å². The van der Waals surface area contributed by atoms with Crippen LogP contribution in [-0.2, 0) is 13.2 Å². The predicted octanol–water partition coefficient (Wildman–Crippen LogP) is 7.25. The molecular weight excluding hydrogens is 501 g/mol. The predicted molar refractivity (Wildman–Crippen MR) is 122 cm³/mol. The Kier molecular flexibility index (Phi) is 7.56. The highest BCUT2D eigenvalue weighted by molar-refractivity contribution is 9.10. The molecule has 0 radical (unpaired) electrons. The zero-order valence-electron chi connectivity index (χ0n) is 16.3. The Labute approximate surface area is 187 Å². The normalized spacial score (nSPS) is 10.7. The van der Waals surface area contributed by atoms with Gasteiger partial charge in [0, 0.05) is 22.3 Å². The third kappa shape index (κ3) is 5.73. The Morgan fingerprint density at radius 1 is 1.00 bits per heavy atom. The van der Waals surface area contributed by atoms with Crippen molar-refractivity contribution in [2.75, 3.05) is 11.9 Å². The lowest BCUT2D eigenvalue weighted by Gasteiger charge is -2.17. The molecule has 0 amide bonds. The molecule has 3 nitrogen and oxygen atoms in total. The molecule has 3 aromatic carbocycles. The van der Waals surface area contributed by atoms with Crippen molar-refractivity contribution in [3.05, 3.63) is 86.1 Å². The molecule has 0 aromatic heterocycles. The number of nitrogens with one attached hydrogen (secondary N) is 1. The summed E-state index contributed by atoms with van der Waals surface area (Å²) in [4.78, 5) is 0. The maximum absolute atomic E-state index is 13.9. The van der Waals surface area contributed by atoms with Gasteiger partial charge in [0.1, 0.15) is 12.4 Å². The number of benzene rings is 3. The molecule has 3 rings (SSSR count). The summed E-state index contributed by atoms with van der Waals surface area (Å²) < 4.78 is 27.4. The Balaban J connectivity index is 1.77. The first kappa shape index (κ1) is 21.7. The smallest absolute Gasteiger partial charge is 0.175 e. The van der Waals surface area contributed by atoms with E-state index in [2.05, 4.69) is 50.2 Å². The number of ether oxygens (including phenoxy) is 2. The van der Waals surface area contributed by atoms with E-state index in [4.69, 9.17) is 9.47 Å². The largest absolute Gasteiger partial charge is 0.490 e. The third-order valence-corrected chi connectivity index (χ3v) is 5.45. The van der Waals surface area contributed by atoms with Crippen LogP contribution in [0.1, 0.15) is 23.6 Å². The van der Waals surface area contributed by atoms with Gasteiger partial charge < -0.3 is 14.8 Å². The van der Waals surface area contributed by atoms with E-state index in [1.165, 1.54) is 6.07 Å². The van der Waals surface area contributed by atoms with Crippen LogP contribution in [0.25, 0.3) is 0 Å². The number of anilines is 1. The molecule has 29 heavy (non-hydrogen) atoms. The topological polar surface area (TPSA) is 30.5 Å². The molecule has 0 aliphatic carbocycles. The van der Waals surface area contributed by atoms with Crippen LogP contribution in [0.5, 0.6) is 11.5 Å². The molecule has 0 bridgehead atoms. The second kappa shape index (κ2) is 10.1. The molecule has 0 spiro atoms. The maximum Gasteiger partial charge on any atom is 0.175 e. The van der Waals surface area contributed by atoms with Gasteiger partial charge in [-0.05, 0) is 77.3 Å². The molecule has 152 valence electrons. The average molecular weight is 523 g/mol. The van der Waals surface area contributed by atoms with Gasteiger partial charge in [-0.1, -0.05) is 34.1 Å². The molecule has 0 aliphatic rings. The van der Waals surface area contributed by atoms with Crippen molar-refractivity contribution in [1.82, 2.24) is 0 Å². The van der Waals surface area contributed by atoms with Crippen LogP contribution < -0.4 is 14.8 Å². The van der Waals surface area contributed by atoms with Gasteiger partial charge in [0.15, 0.2) is 11.5 Å². The summed E-state index contributed by atoms with van der Waals surface area (Å²) in [7, 11) is 0. The molecule has 1 N–H and O–H groups in total. The Hall–Kier alpha value is -2.05. The minimum atomic E-state index is -0.285. The van der Waals surface area contributed by atoms with Crippen molar-refractivity contribution in [3.63, 3.8) is 0 Å². The van der Waals surface area contributed by atoms with E-state index in [9.17, 15) is 4.39 Å². The molecule has 0 aliphatic heterocycles. The number of aryl methyl sites for hydroxylation is 1. The molecule has 3 aromatic rings. The van der Waals surface area contributed by atoms with Crippen LogP contribution in [0.3, 0.4) is 0 Å². The summed E-state index contributed by atoms with van der Waals surface area (Å²) in [5.41, 5.74) is 3.77. The number of hydrogen-bond acceptors (Lipinski definition) is 3. The van der Waals surface area contributed by atoms with Crippen molar-refractivity contribution in [3.8, 4) is 11.5 Å². The highest BCUT2D eigenvalue weighted by atomic mass is 79.9. The van der Waals surface area contributed by atoms with Crippen LogP contribution in [0.4, 0.5) is 10.1 Å². The monoisotopic (exact) mass is 521 g/mol. The summed E-state index contributed by atoms with van der Waals surface area (Å²) in [6.45, 7) is 5.25. The lowest BCUT2D eigenvalue weighted by Crippen LogP contribution is -2.05. The first-order valence-corrected chi connectivity index (χ1v) is 10.9. The van der Waals surface area contributed by atoms with E-state index in [-0.39, 0.29) is 12.4 Å². The fourth-order valence-electron chi connectivity index (χ4n) is 2.91. The van der Waals surface area contributed by atoms with Crippen molar-refractivity contribution in [2.24, 2.45) is 0 Å². The van der Waals surface area contributed by atoms with Gasteiger partial charge in [-0.25, -0.2) is 4.39 Å². The average Bonchev–Trinajstić information content (AvgIpc) is 2.68. The van der Waals surface area contributed by atoms with E-state index in [0.717, 1.165) is 25.8 Å². The second-order valence-corrected chi connectivity index (χ2v) is 8.30. The van der Waals surface area contributed by atoms with Crippen molar-refractivity contribution in [1.29, 1.82) is 0 Å². The van der Waals surface area contributed by atoms with Gasteiger partial charge in [-0.3, -0.25) is 0 Å². The fraction of sp³-hybridized carbons (Fsp3) is 0.217. The summed E-state index contributed by atoms with van der Waals surface area (Å²) in [5, 5.41) is 3.45. The standard InChI is InChI=1S/C23H22Br2FNO2/c1-3-28-22-12-16(13-27-21-9-8-18(24)10-15(21)2)11-19(25)23(22)29-14-17-6-4-5-7-20(17)26/h4-12,27H,3,13-14H2,1-2H3. The van der Waals surface area contributed by atoms with Gasteiger partial charge in [-0.2, -0.15) is 0 Å². The van der Waals surface area contributed by atoms with Gasteiger partial charge in [0.25, 0.3) is 0 Å². The van der Waals surface area contributed by atoms with Crippen LogP contribution in [0.15, 0.2) is 63.5 Å². The first-order chi connectivity index (χ1) is 14.0.